The smallest absolute Gasteiger partial charge is 0.372 e. The van der Waals surface area contributed by atoms with Gasteiger partial charge in [-0.25, -0.2) is 9.78 Å². The van der Waals surface area contributed by atoms with Gasteiger partial charge in [0.05, 0.1) is 11.6 Å². The Hall–Kier alpha value is -5.00. The van der Waals surface area contributed by atoms with E-state index in [4.69, 9.17) is 31.8 Å². The van der Waals surface area contributed by atoms with E-state index in [1.54, 1.807) is 30.3 Å². The van der Waals surface area contributed by atoms with Crippen LogP contribution < -0.4 is 21.5 Å². The molecule has 2 aromatic carbocycles. The molecule has 0 spiro atoms. The lowest BCUT2D eigenvalue weighted by atomic mass is 10.0. The fraction of sp³-hybridized carbons (Fsp3) is 0.200. The number of carbonyl (C=O) groups excluding carboxylic acids is 2. The van der Waals surface area contributed by atoms with E-state index in [1.807, 2.05) is 0 Å². The molecular formula is C25H25N5O7. The zero-order valence-corrected chi connectivity index (χ0v) is 19.6. The molecule has 1 amide bonds. The van der Waals surface area contributed by atoms with Gasteiger partial charge in [-0.15, -0.1) is 0 Å². The molecule has 0 saturated heterocycles. The molecule has 12 nitrogen and oxygen atoms in total. The van der Waals surface area contributed by atoms with Crippen LogP contribution in [0.4, 0.5) is 5.82 Å². The highest BCUT2D eigenvalue weighted by Gasteiger charge is 2.20. The molecule has 1 aromatic heterocycles. The van der Waals surface area contributed by atoms with Crippen molar-refractivity contribution in [1.82, 2.24) is 10.3 Å². The Balaban J connectivity index is 1.81. The Kier molecular flexibility index (Phi) is 8.35. The molecule has 1 atom stereocenters. The van der Waals surface area contributed by atoms with Crippen molar-refractivity contribution in [3.8, 4) is 5.75 Å². The summed E-state index contributed by atoms with van der Waals surface area (Å²) in [5.41, 5.74) is 12.6. The zero-order valence-electron chi connectivity index (χ0n) is 19.6. The van der Waals surface area contributed by atoms with Gasteiger partial charge in [0.1, 0.15) is 24.0 Å². The first-order valence-corrected chi connectivity index (χ1v) is 11.1. The molecular weight excluding hydrogens is 482 g/mol. The number of hydrogen-bond acceptors (Lipinski definition) is 8. The molecule has 1 unspecified atom stereocenters. The number of amides is 1. The number of amidine groups is 1. The lowest BCUT2D eigenvalue weighted by Crippen LogP contribution is -2.39. The van der Waals surface area contributed by atoms with Gasteiger partial charge in [0.15, 0.2) is 0 Å². The van der Waals surface area contributed by atoms with Gasteiger partial charge >= 0.3 is 11.9 Å². The molecule has 12 heteroatoms. The molecule has 8 N–H and O–H groups in total. The standard InChI is InChI=1S/C25H25N5O7/c26-21-7-4-13-9-16(3-6-18(13)30-21)24(34)29-17(5-8-22(32)33)12-37-20-11-15(23(27)28)2-1-14(20)10-19(31)25(35)36/h1-4,6-7,9,11,17H,5,8,10,12H2,(H2,26,30)(H3,27,28)(H,29,34)(H,32,33)(H,35,36). The summed E-state index contributed by atoms with van der Waals surface area (Å²) in [5, 5.41) is 29.1. The van der Waals surface area contributed by atoms with Gasteiger partial charge in [-0.3, -0.25) is 19.8 Å². The summed E-state index contributed by atoms with van der Waals surface area (Å²) in [7, 11) is 0. The van der Waals surface area contributed by atoms with Crippen molar-refractivity contribution in [2.75, 3.05) is 12.3 Å². The predicted octanol–water partition coefficient (Wildman–Crippen LogP) is 1.34. The van der Waals surface area contributed by atoms with Crippen LogP contribution in [0.1, 0.15) is 34.3 Å². The number of fused-ring (bicyclic) bond motifs is 1. The van der Waals surface area contributed by atoms with Crippen molar-refractivity contribution in [3.63, 3.8) is 0 Å². The normalized spacial score (nSPS) is 11.5. The van der Waals surface area contributed by atoms with Crippen molar-refractivity contribution in [3.05, 3.63) is 65.2 Å². The third kappa shape index (κ3) is 7.24. The predicted molar refractivity (Wildman–Crippen MR) is 134 cm³/mol. The van der Waals surface area contributed by atoms with Crippen molar-refractivity contribution in [2.45, 2.75) is 25.3 Å². The highest BCUT2D eigenvalue weighted by molar-refractivity contribution is 6.33. The second-order valence-corrected chi connectivity index (χ2v) is 8.20. The molecule has 0 saturated carbocycles. The van der Waals surface area contributed by atoms with E-state index in [0.717, 1.165) is 0 Å². The molecule has 0 fully saturated rings. The lowest BCUT2D eigenvalue weighted by Gasteiger charge is -2.20. The number of rotatable bonds is 12. The maximum absolute atomic E-state index is 12.9. The summed E-state index contributed by atoms with van der Waals surface area (Å²) in [6.45, 7) is -0.194. The molecule has 1 heterocycles. The van der Waals surface area contributed by atoms with Crippen LogP contribution >= 0.6 is 0 Å². The van der Waals surface area contributed by atoms with E-state index >= 15 is 0 Å². The van der Waals surface area contributed by atoms with Crippen molar-refractivity contribution < 1.29 is 34.1 Å². The number of aromatic nitrogens is 1. The van der Waals surface area contributed by atoms with Gasteiger partial charge < -0.3 is 31.7 Å². The first-order valence-electron chi connectivity index (χ1n) is 11.1. The quantitative estimate of drug-likeness (QED) is 0.117. The van der Waals surface area contributed by atoms with Crippen LogP contribution in [0, 0.1) is 5.41 Å². The van der Waals surface area contributed by atoms with Crippen LogP contribution in [0.25, 0.3) is 10.9 Å². The molecule has 3 rings (SSSR count). The lowest BCUT2D eigenvalue weighted by molar-refractivity contribution is -0.148. The van der Waals surface area contributed by atoms with Crippen LogP contribution in [0.2, 0.25) is 0 Å². The fourth-order valence-corrected chi connectivity index (χ4v) is 3.49. The third-order valence-corrected chi connectivity index (χ3v) is 5.42. The number of nitrogens with two attached hydrogens (primary N) is 2. The number of hydrogen-bond donors (Lipinski definition) is 6. The van der Waals surface area contributed by atoms with E-state index < -0.39 is 36.1 Å². The SMILES string of the molecule is N=C(N)c1ccc(CC(=O)C(=O)O)c(OCC(CCC(=O)O)NC(=O)c2ccc3nc(N)ccc3c2)c1. The maximum Gasteiger partial charge on any atom is 0.372 e. The molecule has 192 valence electrons. The Morgan fingerprint density at radius 1 is 1.03 bits per heavy atom. The summed E-state index contributed by atoms with van der Waals surface area (Å²) in [6.07, 6.45) is -0.694. The van der Waals surface area contributed by atoms with Crippen LogP contribution in [-0.2, 0) is 20.8 Å². The van der Waals surface area contributed by atoms with Crippen LogP contribution in [0.3, 0.4) is 0 Å². The number of nitrogen functional groups attached to an aromatic ring is 2. The van der Waals surface area contributed by atoms with Gasteiger partial charge in [-0.05, 0) is 42.8 Å². The minimum absolute atomic E-state index is 0.0303. The number of carboxylic acids is 2. The molecule has 0 radical (unpaired) electrons. The second kappa shape index (κ2) is 11.6. The maximum atomic E-state index is 12.9. The zero-order chi connectivity index (χ0) is 27.1. The number of Topliss-reactive ketones (excluding diaryl/α,β-unsaturated/α-hetero) is 1. The molecule has 0 aliphatic carbocycles. The Morgan fingerprint density at radius 2 is 1.76 bits per heavy atom. The summed E-state index contributed by atoms with van der Waals surface area (Å²) in [5.74, 6) is -4.06. The number of carbonyl (C=O) groups is 4. The van der Waals surface area contributed by atoms with Crippen LogP contribution in [0.15, 0.2) is 48.5 Å². The number of carboxylic acid groups (broad SMARTS) is 2. The van der Waals surface area contributed by atoms with Gasteiger partial charge in [0, 0.05) is 34.9 Å². The van der Waals surface area contributed by atoms with Crippen molar-refractivity contribution in [1.29, 1.82) is 5.41 Å². The number of ketones is 1. The summed E-state index contributed by atoms with van der Waals surface area (Å²) in [6, 6.07) is 11.7. The molecule has 0 aliphatic rings. The highest BCUT2D eigenvalue weighted by Crippen LogP contribution is 2.23. The molecule has 0 bridgehead atoms. The summed E-state index contributed by atoms with van der Waals surface area (Å²) >= 11 is 0. The molecule has 0 aliphatic heterocycles. The van der Waals surface area contributed by atoms with E-state index in [-0.39, 0.29) is 42.2 Å². The van der Waals surface area contributed by atoms with E-state index in [9.17, 15) is 19.2 Å². The highest BCUT2D eigenvalue weighted by atomic mass is 16.5. The first-order chi connectivity index (χ1) is 17.5. The molecule has 37 heavy (non-hydrogen) atoms. The van der Waals surface area contributed by atoms with Gasteiger partial charge in [-0.1, -0.05) is 12.1 Å². The Labute approximate surface area is 210 Å². The summed E-state index contributed by atoms with van der Waals surface area (Å²) in [4.78, 5) is 51.0. The van der Waals surface area contributed by atoms with Crippen molar-refractivity contribution in [2.24, 2.45) is 5.73 Å². The van der Waals surface area contributed by atoms with E-state index in [1.165, 1.54) is 18.2 Å². The Bertz CT molecular complexity index is 1390. The Morgan fingerprint density at radius 3 is 2.43 bits per heavy atom. The largest absolute Gasteiger partial charge is 0.491 e. The van der Waals surface area contributed by atoms with Crippen molar-refractivity contribution >= 4 is 46.2 Å². The number of ether oxygens (including phenoxy) is 1. The van der Waals surface area contributed by atoms with E-state index in [0.29, 0.717) is 22.3 Å². The third-order valence-electron chi connectivity index (χ3n) is 5.42. The van der Waals surface area contributed by atoms with Crippen LogP contribution in [-0.4, -0.2) is 57.3 Å². The number of nitrogens with one attached hydrogen (secondary N) is 2. The van der Waals surface area contributed by atoms with Crippen LogP contribution in [0.5, 0.6) is 5.75 Å². The average molecular weight is 508 g/mol. The molecule has 3 aromatic rings. The number of benzene rings is 2. The number of nitrogens with zero attached hydrogens (tertiary/aromatic N) is 1. The number of aliphatic carboxylic acids is 2. The average Bonchev–Trinajstić information content (AvgIpc) is 2.85. The first kappa shape index (κ1) is 26.6. The monoisotopic (exact) mass is 507 g/mol. The number of anilines is 1. The van der Waals surface area contributed by atoms with E-state index in [2.05, 4.69) is 10.3 Å². The topological polar surface area (TPSA) is 219 Å². The minimum Gasteiger partial charge on any atom is -0.491 e. The minimum atomic E-state index is -1.61. The fourth-order valence-electron chi connectivity index (χ4n) is 3.49. The number of pyridine rings is 1. The summed E-state index contributed by atoms with van der Waals surface area (Å²) < 4.78 is 5.79. The van der Waals surface area contributed by atoms with Gasteiger partial charge in [-0.2, -0.15) is 0 Å². The van der Waals surface area contributed by atoms with Gasteiger partial charge in [0.25, 0.3) is 5.91 Å². The second-order valence-electron chi connectivity index (χ2n) is 8.20. The van der Waals surface area contributed by atoms with Gasteiger partial charge in [0.2, 0.25) is 5.78 Å².